The Hall–Kier alpha value is -4.40. The van der Waals surface area contributed by atoms with Crippen molar-refractivity contribution in [3.8, 4) is 35.4 Å². The summed E-state index contributed by atoms with van der Waals surface area (Å²) < 4.78 is 11.8. The molecule has 1 aromatic heterocycles. The van der Waals surface area contributed by atoms with Crippen LogP contribution in [-0.2, 0) is 0 Å². The van der Waals surface area contributed by atoms with Gasteiger partial charge in [-0.2, -0.15) is 15.5 Å². The molecule has 0 aliphatic carbocycles. The lowest BCUT2D eigenvalue weighted by Crippen LogP contribution is -2.39. The molecule has 1 fully saturated rings. The van der Waals surface area contributed by atoms with Crippen LogP contribution in [0.4, 0.5) is 0 Å². The molecular formula is C27H25N5O3. The predicted molar refractivity (Wildman–Crippen MR) is 129 cm³/mol. The number of amides is 1. The van der Waals surface area contributed by atoms with Gasteiger partial charge in [0.1, 0.15) is 17.1 Å². The first-order chi connectivity index (χ1) is 17.1. The number of likely N-dealkylation sites (tertiary alicyclic amines) is 1. The zero-order chi connectivity index (χ0) is 24.6. The number of nitrogens with two attached hydrogens (primary N) is 1. The maximum absolute atomic E-state index is 13.4. The molecule has 3 aromatic rings. The number of rotatable bonds is 7. The highest BCUT2D eigenvalue weighted by Crippen LogP contribution is 2.30. The van der Waals surface area contributed by atoms with E-state index in [1.807, 2.05) is 4.90 Å². The normalized spacial score (nSPS) is 13.5. The van der Waals surface area contributed by atoms with Gasteiger partial charge >= 0.3 is 0 Å². The highest BCUT2D eigenvalue weighted by molar-refractivity contribution is 5.96. The van der Waals surface area contributed by atoms with Crippen LogP contribution in [0.15, 0.2) is 60.7 Å². The number of piperidine rings is 1. The maximum atomic E-state index is 13.4. The first kappa shape index (κ1) is 23.7. The molecule has 8 heteroatoms. The average Bonchev–Trinajstić information content (AvgIpc) is 2.90. The highest BCUT2D eigenvalue weighted by atomic mass is 16.5. The van der Waals surface area contributed by atoms with Crippen molar-refractivity contribution >= 4 is 5.91 Å². The van der Waals surface area contributed by atoms with Gasteiger partial charge in [-0.1, -0.05) is 0 Å². The van der Waals surface area contributed by atoms with Crippen LogP contribution in [0, 0.1) is 28.6 Å². The molecule has 176 valence electrons. The van der Waals surface area contributed by atoms with E-state index in [4.69, 9.17) is 25.7 Å². The lowest BCUT2D eigenvalue weighted by Gasteiger charge is -2.32. The van der Waals surface area contributed by atoms with E-state index in [1.165, 1.54) is 0 Å². The standard InChI is InChI=1S/C27H25N5O3/c28-14-11-19-12-15-32(16-13-19)27(33)24-9-10-25(34-22-5-1-20(17-29)2-6-22)31-26(24)35-23-7-3-21(18-30)4-8-23/h1-10,19H,11-16,28H2. The number of hydrogen-bond donors (Lipinski definition) is 1. The Bertz CT molecular complexity index is 1250. The number of aromatic nitrogens is 1. The van der Waals surface area contributed by atoms with E-state index in [9.17, 15) is 4.79 Å². The van der Waals surface area contributed by atoms with Gasteiger partial charge in [0.25, 0.3) is 5.91 Å². The fraction of sp³-hybridized carbons (Fsp3) is 0.259. The van der Waals surface area contributed by atoms with E-state index in [2.05, 4.69) is 17.1 Å². The summed E-state index contributed by atoms with van der Waals surface area (Å²) in [6.07, 6.45) is 2.81. The second-order valence-electron chi connectivity index (χ2n) is 8.29. The molecule has 0 atom stereocenters. The fourth-order valence-electron chi connectivity index (χ4n) is 3.98. The summed E-state index contributed by atoms with van der Waals surface area (Å²) in [5.74, 6) is 1.70. The molecule has 2 aromatic carbocycles. The van der Waals surface area contributed by atoms with Crippen molar-refractivity contribution in [2.24, 2.45) is 11.7 Å². The molecule has 1 aliphatic heterocycles. The Labute approximate surface area is 204 Å². The summed E-state index contributed by atoms with van der Waals surface area (Å²) in [6, 6.07) is 20.6. The van der Waals surface area contributed by atoms with Gasteiger partial charge < -0.3 is 20.1 Å². The van der Waals surface area contributed by atoms with Crippen LogP contribution in [0.5, 0.6) is 23.3 Å². The van der Waals surface area contributed by atoms with E-state index in [0.29, 0.717) is 53.7 Å². The summed E-state index contributed by atoms with van der Waals surface area (Å²) in [5.41, 5.74) is 7.04. The second-order valence-corrected chi connectivity index (χ2v) is 8.29. The minimum absolute atomic E-state index is 0.120. The van der Waals surface area contributed by atoms with Gasteiger partial charge in [0.15, 0.2) is 0 Å². The summed E-state index contributed by atoms with van der Waals surface area (Å²) >= 11 is 0. The number of carbonyl (C=O) groups excluding carboxylic acids is 1. The van der Waals surface area contributed by atoms with Gasteiger partial charge in [-0.3, -0.25) is 4.79 Å². The summed E-state index contributed by atoms with van der Waals surface area (Å²) in [7, 11) is 0. The molecular weight excluding hydrogens is 442 g/mol. The third-order valence-electron chi connectivity index (χ3n) is 5.95. The minimum atomic E-state index is -0.155. The highest BCUT2D eigenvalue weighted by Gasteiger charge is 2.26. The lowest BCUT2D eigenvalue weighted by molar-refractivity contribution is 0.0684. The number of pyridine rings is 1. The van der Waals surface area contributed by atoms with Crippen molar-refractivity contribution in [3.63, 3.8) is 0 Å². The predicted octanol–water partition coefficient (Wildman–Crippen LogP) is 4.61. The smallest absolute Gasteiger partial charge is 0.259 e. The molecule has 1 saturated heterocycles. The molecule has 0 unspecified atom stereocenters. The van der Waals surface area contributed by atoms with Gasteiger partial charge in [-0.05, 0) is 86.3 Å². The molecule has 0 saturated carbocycles. The lowest BCUT2D eigenvalue weighted by atomic mass is 9.93. The Morgan fingerprint density at radius 3 is 2.03 bits per heavy atom. The minimum Gasteiger partial charge on any atom is -0.439 e. The second kappa shape index (κ2) is 11.1. The molecule has 4 rings (SSSR count). The Kier molecular flexibility index (Phi) is 7.57. The topological polar surface area (TPSA) is 125 Å². The summed E-state index contributed by atoms with van der Waals surface area (Å²) in [6.45, 7) is 1.97. The van der Waals surface area contributed by atoms with Crippen LogP contribution < -0.4 is 15.2 Å². The molecule has 35 heavy (non-hydrogen) atoms. The Morgan fingerprint density at radius 2 is 1.49 bits per heavy atom. The van der Waals surface area contributed by atoms with Crippen LogP contribution in [0.2, 0.25) is 0 Å². The van der Waals surface area contributed by atoms with E-state index < -0.39 is 0 Å². The Balaban J connectivity index is 1.59. The van der Waals surface area contributed by atoms with Crippen molar-refractivity contribution in [1.29, 1.82) is 10.5 Å². The first-order valence-corrected chi connectivity index (χ1v) is 11.5. The quantitative estimate of drug-likeness (QED) is 0.538. The number of ether oxygens (including phenoxy) is 2. The van der Waals surface area contributed by atoms with E-state index >= 15 is 0 Å². The third kappa shape index (κ3) is 5.94. The molecule has 0 bridgehead atoms. The number of nitriles is 2. The monoisotopic (exact) mass is 467 g/mol. The van der Waals surface area contributed by atoms with Crippen LogP contribution in [-0.4, -0.2) is 35.4 Å². The molecule has 2 heterocycles. The Morgan fingerprint density at radius 1 is 0.914 bits per heavy atom. The van der Waals surface area contributed by atoms with E-state index in [-0.39, 0.29) is 17.7 Å². The molecule has 2 N–H and O–H groups in total. The fourth-order valence-corrected chi connectivity index (χ4v) is 3.98. The maximum Gasteiger partial charge on any atom is 0.259 e. The van der Waals surface area contributed by atoms with Crippen LogP contribution in [0.25, 0.3) is 0 Å². The third-order valence-corrected chi connectivity index (χ3v) is 5.95. The van der Waals surface area contributed by atoms with Crippen molar-refractivity contribution < 1.29 is 14.3 Å². The molecule has 0 radical (unpaired) electrons. The zero-order valence-electron chi connectivity index (χ0n) is 19.2. The summed E-state index contributed by atoms with van der Waals surface area (Å²) in [4.78, 5) is 19.7. The number of benzene rings is 2. The van der Waals surface area contributed by atoms with E-state index in [1.54, 1.807) is 60.7 Å². The van der Waals surface area contributed by atoms with Gasteiger partial charge in [-0.15, -0.1) is 0 Å². The van der Waals surface area contributed by atoms with E-state index in [0.717, 1.165) is 19.3 Å². The molecule has 0 spiro atoms. The number of carbonyl (C=O) groups is 1. The summed E-state index contributed by atoms with van der Waals surface area (Å²) in [5, 5.41) is 18.0. The first-order valence-electron chi connectivity index (χ1n) is 11.5. The number of nitrogens with zero attached hydrogens (tertiary/aromatic N) is 4. The van der Waals surface area contributed by atoms with Gasteiger partial charge in [0, 0.05) is 19.2 Å². The van der Waals surface area contributed by atoms with Crippen molar-refractivity contribution in [1.82, 2.24) is 9.88 Å². The SMILES string of the molecule is N#Cc1ccc(Oc2ccc(C(=O)N3CCC(CCN)CC3)c(Oc3ccc(C#N)cc3)n2)cc1. The van der Waals surface area contributed by atoms with Crippen LogP contribution in [0.1, 0.15) is 40.7 Å². The van der Waals surface area contributed by atoms with Crippen molar-refractivity contribution in [2.75, 3.05) is 19.6 Å². The molecule has 1 amide bonds. The van der Waals surface area contributed by atoms with Crippen LogP contribution in [0.3, 0.4) is 0 Å². The van der Waals surface area contributed by atoms with Crippen LogP contribution >= 0.6 is 0 Å². The van der Waals surface area contributed by atoms with Crippen molar-refractivity contribution in [3.05, 3.63) is 77.4 Å². The van der Waals surface area contributed by atoms with Crippen molar-refractivity contribution in [2.45, 2.75) is 19.3 Å². The van der Waals surface area contributed by atoms with Gasteiger partial charge in [-0.25, -0.2) is 0 Å². The largest absolute Gasteiger partial charge is 0.439 e. The molecule has 1 aliphatic rings. The van der Waals surface area contributed by atoms with Gasteiger partial charge in [0.05, 0.1) is 23.3 Å². The van der Waals surface area contributed by atoms with Gasteiger partial charge in [0.2, 0.25) is 11.8 Å². The number of hydrogen-bond acceptors (Lipinski definition) is 7. The molecule has 8 nitrogen and oxygen atoms in total. The zero-order valence-corrected chi connectivity index (χ0v) is 19.2. The average molecular weight is 468 g/mol.